The smallest absolute Gasteiger partial charge is 0.226 e. The average Bonchev–Trinajstić information content (AvgIpc) is 3.15. The number of benzene rings is 1. The maximum absolute atomic E-state index is 5.51. The molecule has 1 heterocycles. The van der Waals surface area contributed by atoms with Crippen molar-refractivity contribution in [1.29, 1.82) is 0 Å². The van der Waals surface area contributed by atoms with Crippen LogP contribution in [0.2, 0.25) is 0 Å². The Morgan fingerprint density at radius 2 is 2.11 bits per heavy atom. The van der Waals surface area contributed by atoms with E-state index in [1.54, 1.807) is 6.26 Å². The summed E-state index contributed by atoms with van der Waals surface area (Å²) in [5, 5.41) is 3.42. The Bertz CT molecular complexity index is 529. The second kappa shape index (κ2) is 5.45. The van der Waals surface area contributed by atoms with Crippen LogP contribution in [0.1, 0.15) is 25.5 Å². The Kier molecular flexibility index (Phi) is 3.51. The molecule has 1 aliphatic carbocycles. The van der Waals surface area contributed by atoms with Crippen LogP contribution in [0.15, 0.2) is 34.9 Å². The van der Waals surface area contributed by atoms with Gasteiger partial charge in [0.2, 0.25) is 5.89 Å². The van der Waals surface area contributed by atoms with E-state index in [0.29, 0.717) is 18.5 Å². The van der Waals surface area contributed by atoms with Gasteiger partial charge in [0.25, 0.3) is 0 Å². The summed E-state index contributed by atoms with van der Waals surface area (Å²) in [7, 11) is 0. The molecule has 0 bridgehead atoms. The van der Waals surface area contributed by atoms with E-state index in [1.807, 2.05) is 31.2 Å². The van der Waals surface area contributed by atoms with Gasteiger partial charge in [0, 0.05) is 18.2 Å². The third kappa shape index (κ3) is 3.15. The number of aromatic nitrogens is 1. The zero-order chi connectivity index (χ0) is 13.1. The minimum atomic E-state index is 0.663. The van der Waals surface area contributed by atoms with Gasteiger partial charge in [0.05, 0.1) is 12.3 Å². The van der Waals surface area contributed by atoms with Crippen molar-refractivity contribution in [3.63, 3.8) is 0 Å². The minimum absolute atomic E-state index is 0.663. The van der Waals surface area contributed by atoms with E-state index in [4.69, 9.17) is 9.15 Å². The third-order valence-electron chi connectivity index (χ3n) is 3.11. The van der Waals surface area contributed by atoms with Crippen LogP contribution in [0, 0.1) is 0 Å². The maximum atomic E-state index is 5.51. The molecule has 19 heavy (non-hydrogen) atoms. The van der Waals surface area contributed by atoms with Crippen molar-refractivity contribution in [2.45, 2.75) is 32.4 Å². The Morgan fingerprint density at radius 1 is 1.32 bits per heavy atom. The standard InChI is InChI=1S/C15H18N2O2/c1-2-18-14-7-3-11(4-8-14)15-17-13(10-19-15)9-16-12-5-6-12/h3-4,7-8,10,12,16H,2,5-6,9H2,1H3. The first kappa shape index (κ1) is 12.2. The molecule has 2 aromatic rings. The van der Waals surface area contributed by atoms with Crippen molar-refractivity contribution in [3.05, 3.63) is 36.2 Å². The van der Waals surface area contributed by atoms with Crippen LogP contribution >= 0.6 is 0 Å². The van der Waals surface area contributed by atoms with Crippen LogP contribution in [0.25, 0.3) is 11.5 Å². The first-order chi connectivity index (χ1) is 9.35. The molecule has 100 valence electrons. The van der Waals surface area contributed by atoms with E-state index < -0.39 is 0 Å². The molecule has 3 rings (SSSR count). The maximum Gasteiger partial charge on any atom is 0.226 e. The highest BCUT2D eigenvalue weighted by atomic mass is 16.5. The third-order valence-corrected chi connectivity index (χ3v) is 3.11. The van der Waals surface area contributed by atoms with Crippen LogP contribution in [0.5, 0.6) is 5.75 Å². The monoisotopic (exact) mass is 258 g/mol. The zero-order valence-electron chi connectivity index (χ0n) is 11.1. The minimum Gasteiger partial charge on any atom is -0.494 e. The fraction of sp³-hybridized carbons (Fsp3) is 0.400. The number of nitrogens with one attached hydrogen (secondary N) is 1. The summed E-state index contributed by atoms with van der Waals surface area (Å²) < 4.78 is 10.9. The van der Waals surface area contributed by atoms with Gasteiger partial charge in [0.1, 0.15) is 12.0 Å². The van der Waals surface area contributed by atoms with Gasteiger partial charge in [-0.3, -0.25) is 0 Å². The highest BCUT2D eigenvalue weighted by Gasteiger charge is 2.20. The predicted octanol–water partition coefficient (Wildman–Crippen LogP) is 2.99. The molecule has 0 saturated heterocycles. The van der Waals surface area contributed by atoms with E-state index >= 15 is 0 Å². The van der Waals surface area contributed by atoms with Gasteiger partial charge in [-0.2, -0.15) is 0 Å². The lowest BCUT2D eigenvalue weighted by molar-refractivity contribution is 0.340. The van der Waals surface area contributed by atoms with E-state index in [2.05, 4.69) is 10.3 Å². The van der Waals surface area contributed by atoms with Crippen molar-refractivity contribution < 1.29 is 9.15 Å². The highest BCUT2D eigenvalue weighted by molar-refractivity contribution is 5.54. The zero-order valence-corrected chi connectivity index (χ0v) is 11.1. The summed E-state index contributed by atoms with van der Waals surface area (Å²) in [5.41, 5.74) is 1.93. The summed E-state index contributed by atoms with van der Waals surface area (Å²) in [5.74, 6) is 1.53. The van der Waals surface area contributed by atoms with Gasteiger partial charge < -0.3 is 14.5 Å². The number of nitrogens with zero attached hydrogens (tertiary/aromatic N) is 1. The summed E-state index contributed by atoms with van der Waals surface area (Å²) in [6, 6.07) is 8.49. The number of rotatable bonds is 6. The molecule has 4 heteroatoms. The number of oxazole rings is 1. The van der Waals surface area contributed by atoms with Gasteiger partial charge in [-0.05, 0) is 44.0 Å². The van der Waals surface area contributed by atoms with Gasteiger partial charge in [-0.15, -0.1) is 0 Å². The van der Waals surface area contributed by atoms with E-state index in [-0.39, 0.29) is 0 Å². The van der Waals surface area contributed by atoms with Gasteiger partial charge in [0.15, 0.2) is 0 Å². The topological polar surface area (TPSA) is 47.3 Å². The normalized spacial score (nSPS) is 14.6. The number of hydrogen-bond donors (Lipinski definition) is 1. The molecule has 1 N–H and O–H groups in total. The molecule has 0 radical (unpaired) electrons. The summed E-state index contributed by atoms with van der Waals surface area (Å²) in [6.07, 6.45) is 4.29. The molecular formula is C15H18N2O2. The summed E-state index contributed by atoms with van der Waals surface area (Å²) >= 11 is 0. The van der Waals surface area contributed by atoms with Crippen molar-refractivity contribution >= 4 is 0 Å². The second-order valence-electron chi connectivity index (χ2n) is 4.76. The fourth-order valence-corrected chi connectivity index (χ4v) is 1.92. The van der Waals surface area contributed by atoms with Crippen LogP contribution in [0.4, 0.5) is 0 Å². The average molecular weight is 258 g/mol. The Labute approximate surface area is 112 Å². The van der Waals surface area contributed by atoms with Gasteiger partial charge in [-0.25, -0.2) is 4.98 Å². The number of hydrogen-bond acceptors (Lipinski definition) is 4. The van der Waals surface area contributed by atoms with Crippen LogP contribution < -0.4 is 10.1 Å². The molecule has 0 spiro atoms. The molecule has 0 unspecified atom stereocenters. The van der Waals surface area contributed by atoms with E-state index in [1.165, 1.54) is 12.8 Å². The van der Waals surface area contributed by atoms with Crippen molar-refractivity contribution in [1.82, 2.24) is 10.3 Å². The van der Waals surface area contributed by atoms with Crippen molar-refractivity contribution in [3.8, 4) is 17.2 Å². The molecule has 1 saturated carbocycles. The number of ether oxygens (including phenoxy) is 1. The lowest BCUT2D eigenvalue weighted by Gasteiger charge is -2.02. The van der Waals surface area contributed by atoms with E-state index in [9.17, 15) is 0 Å². The van der Waals surface area contributed by atoms with Crippen LogP contribution in [-0.4, -0.2) is 17.6 Å². The molecular weight excluding hydrogens is 240 g/mol. The van der Waals surface area contributed by atoms with Crippen molar-refractivity contribution in [2.75, 3.05) is 6.61 Å². The van der Waals surface area contributed by atoms with Crippen LogP contribution in [0.3, 0.4) is 0 Å². The molecule has 4 nitrogen and oxygen atoms in total. The molecule has 0 atom stereocenters. The highest BCUT2D eigenvalue weighted by Crippen LogP contribution is 2.23. The molecule has 1 aliphatic rings. The van der Waals surface area contributed by atoms with Gasteiger partial charge >= 0.3 is 0 Å². The summed E-state index contributed by atoms with van der Waals surface area (Å²) in [6.45, 7) is 3.43. The Balaban J connectivity index is 1.66. The SMILES string of the molecule is CCOc1ccc(-c2nc(CNC3CC3)co2)cc1. The molecule has 1 aromatic carbocycles. The Morgan fingerprint density at radius 3 is 2.79 bits per heavy atom. The van der Waals surface area contributed by atoms with Gasteiger partial charge in [-0.1, -0.05) is 0 Å². The Hall–Kier alpha value is -1.81. The lowest BCUT2D eigenvalue weighted by atomic mass is 10.2. The quantitative estimate of drug-likeness (QED) is 0.865. The molecule has 1 aromatic heterocycles. The first-order valence-corrected chi connectivity index (χ1v) is 6.76. The van der Waals surface area contributed by atoms with E-state index in [0.717, 1.165) is 23.6 Å². The second-order valence-corrected chi connectivity index (χ2v) is 4.76. The molecule has 1 fully saturated rings. The molecule has 0 amide bonds. The largest absolute Gasteiger partial charge is 0.494 e. The summed E-state index contributed by atoms with van der Waals surface area (Å²) in [4.78, 5) is 4.49. The fourth-order valence-electron chi connectivity index (χ4n) is 1.92. The van der Waals surface area contributed by atoms with Crippen molar-refractivity contribution in [2.24, 2.45) is 0 Å². The lowest BCUT2D eigenvalue weighted by Crippen LogP contribution is -2.15. The van der Waals surface area contributed by atoms with Crippen LogP contribution in [-0.2, 0) is 6.54 Å². The predicted molar refractivity (Wildman–Crippen MR) is 73.0 cm³/mol. The molecule has 0 aliphatic heterocycles. The first-order valence-electron chi connectivity index (χ1n) is 6.76.